The fourth-order valence-electron chi connectivity index (χ4n) is 7.17. The SMILES string of the molecule is CN(C)[C@H]1C(O)C(C(N)=O)C(=O)[C@]2(O)C(=O)C3C(=O)c4c(O)ccc(-c5cc6ccccc6s5)c4C[C@@H]3C[C@H]12. The van der Waals surface area contributed by atoms with Gasteiger partial charge in [0.15, 0.2) is 23.0 Å². The number of carbonyl (C=O) groups is 4. The molecule has 9 nitrogen and oxygen atoms in total. The Kier molecular flexibility index (Phi) is 5.82. The van der Waals surface area contributed by atoms with Gasteiger partial charge in [0.1, 0.15) is 11.7 Å². The maximum atomic E-state index is 13.9. The summed E-state index contributed by atoms with van der Waals surface area (Å²) in [6, 6.07) is 12.2. The van der Waals surface area contributed by atoms with E-state index >= 15 is 0 Å². The van der Waals surface area contributed by atoms with Crippen LogP contribution in [-0.2, 0) is 20.8 Å². The Morgan fingerprint density at radius 2 is 1.82 bits per heavy atom. The van der Waals surface area contributed by atoms with Crippen LogP contribution >= 0.6 is 11.3 Å². The summed E-state index contributed by atoms with van der Waals surface area (Å²) in [4.78, 5) is 55.9. The van der Waals surface area contributed by atoms with Crippen LogP contribution in [-0.4, -0.2) is 75.3 Å². The second-order valence-corrected chi connectivity index (χ2v) is 12.2. The molecule has 5 N–H and O–H groups in total. The lowest BCUT2D eigenvalue weighted by Gasteiger charge is -2.54. The van der Waals surface area contributed by atoms with Gasteiger partial charge in [0, 0.05) is 21.5 Å². The monoisotopic (exact) mass is 548 g/mol. The van der Waals surface area contributed by atoms with Crippen LogP contribution in [0.25, 0.3) is 20.5 Å². The molecule has 0 bridgehead atoms. The van der Waals surface area contributed by atoms with Crippen LogP contribution in [0.1, 0.15) is 22.3 Å². The molecule has 0 spiro atoms. The van der Waals surface area contributed by atoms with Crippen LogP contribution in [0.5, 0.6) is 5.75 Å². The van der Waals surface area contributed by atoms with Gasteiger partial charge in [-0.25, -0.2) is 0 Å². The molecule has 3 aliphatic rings. The molecule has 0 radical (unpaired) electrons. The fourth-order valence-corrected chi connectivity index (χ4v) is 8.28. The molecule has 10 heteroatoms. The summed E-state index contributed by atoms with van der Waals surface area (Å²) in [5.41, 5.74) is 4.16. The van der Waals surface area contributed by atoms with Gasteiger partial charge in [0.25, 0.3) is 0 Å². The first-order valence-corrected chi connectivity index (χ1v) is 13.6. The van der Waals surface area contributed by atoms with Crippen LogP contribution in [0.2, 0.25) is 0 Å². The van der Waals surface area contributed by atoms with Gasteiger partial charge in [-0.15, -0.1) is 11.3 Å². The number of aromatic hydroxyl groups is 1. The van der Waals surface area contributed by atoms with E-state index < -0.39 is 64.7 Å². The maximum absolute atomic E-state index is 13.9. The van der Waals surface area contributed by atoms with E-state index in [1.165, 1.54) is 6.07 Å². The molecule has 3 aromatic rings. The minimum Gasteiger partial charge on any atom is -0.507 e. The Morgan fingerprint density at radius 1 is 1.10 bits per heavy atom. The third kappa shape index (κ3) is 3.48. The van der Waals surface area contributed by atoms with Crippen molar-refractivity contribution in [2.24, 2.45) is 29.4 Å². The van der Waals surface area contributed by atoms with Crippen molar-refractivity contribution in [2.45, 2.75) is 30.6 Å². The number of phenols is 1. The highest BCUT2D eigenvalue weighted by molar-refractivity contribution is 7.22. The van der Waals surface area contributed by atoms with E-state index in [0.717, 1.165) is 20.5 Å². The molecule has 1 amide bonds. The van der Waals surface area contributed by atoms with Gasteiger partial charge >= 0.3 is 0 Å². The van der Waals surface area contributed by atoms with Crippen LogP contribution in [0.4, 0.5) is 0 Å². The number of thiophene rings is 1. The number of nitrogens with two attached hydrogens (primary N) is 1. The molecule has 0 saturated heterocycles. The number of nitrogens with zero attached hydrogens (tertiary/aromatic N) is 1. The van der Waals surface area contributed by atoms with Crippen molar-refractivity contribution in [3.05, 3.63) is 53.6 Å². The molecule has 6 rings (SSSR count). The van der Waals surface area contributed by atoms with Gasteiger partial charge < -0.3 is 26.0 Å². The number of aliphatic hydroxyl groups excluding tert-OH is 1. The lowest BCUT2D eigenvalue weighted by atomic mass is 9.52. The number of amides is 1. The van der Waals surface area contributed by atoms with Gasteiger partial charge in [0.05, 0.1) is 17.6 Å². The lowest BCUT2D eigenvalue weighted by Crippen LogP contribution is -2.75. The summed E-state index contributed by atoms with van der Waals surface area (Å²) in [6.45, 7) is 0. The van der Waals surface area contributed by atoms with E-state index in [4.69, 9.17) is 5.73 Å². The standard InChI is InChI=1S/C29H28N2O7S/c1-31(2)23-16-10-13-9-15-14(19-11-12-5-3-4-6-18(12)39-19)7-8-17(32)21(15)24(33)20(13)26(35)29(16,38)27(36)22(25(23)34)28(30)37/h3-8,11,13,16,20,22-23,25,32,34,38H,9-10H2,1-2H3,(H2,30,37)/t13-,16-,20?,22?,23-,25?,29-/m1/s1. The minimum atomic E-state index is -2.67. The Hall–Kier alpha value is -3.44. The molecule has 7 atom stereocenters. The number of hydrogen-bond acceptors (Lipinski definition) is 9. The highest BCUT2D eigenvalue weighted by atomic mass is 32.1. The summed E-state index contributed by atoms with van der Waals surface area (Å²) >= 11 is 1.56. The van der Waals surface area contributed by atoms with Crippen molar-refractivity contribution >= 4 is 44.7 Å². The zero-order valence-corrected chi connectivity index (χ0v) is 22.1. The topological polar surface area (TPSA) is 158 Å². The van der Waals surface area contributed by atoms with Gasteiger partial charge in [-0.1, -0.05) is 18.2 Å². The third-order valence-electron chi connectivity index (χ3n) is 8.86. The van der Waals surface area contributed by atoms with E-state index in [0.29, 0.717) is 5.56 Å². The summed E-state index contributed by atoms with van der Waals surface area (Å²) in [7, 11) is 3.25. The number of rotatable bonds is 3. The quantitative estimate of drug-likeness (QED) is 0.359. The molecule has 202 valence electrons. The Labute approximate surface area is 227 Å². The van der Waals surface area contributed by atoms with E-state index in [1.54, 1.807) is 36.4 Å². The van der Waals surface area contributed by atoms with Crippen LogP contribution in [0.15, 0.2) is 42.5 Å². The van der Waals surface area contributed by atoms with E-state index in [9.17, 15) is 34.5 Å². The number of likely N-dealkylation sites (N-methyl/N-ethyl adjacent to an activating group) is 1. The smallest absolute Gasteiger partial charge is 0.230 e. The van der Waals surface area contributed by atoms with Crippen molar-refractivity contribution in [1.29, 1.82) is 0 Å². The van der Waals surface area contributed by atoms with Crippen LogP contribution < -0.4 is 5.73 Å². The van der Waals surface area contributed by atoms with Crippen molar-refractivity contribution in [2.75, 3.05) is 14.1 Å². The Morgan fingerprint density at radius 3 is 2.49 bits per heavy atom. The van der Waals surface area contributed by atoms with Crippen LogP contribution in [0, 0.1) is 23.7 Å². The number of benzene rings is 2. The molecular weight excluding hydrogens is 520 g/mol. The van der Waals surface area contributed by atoms with Gasteiger partial charge in [0.2, 0.25) is 5.91 Å². The first kappa shape index (κ1) is 25.8. The van der Waals surface area contributed by atoms with E-state index in [-0.39, 0.29) is 24.2 Å². The molecule has 1 heterocycles. The predicted molar refractivity (Wildman–Crippen MR) is 143 cm³/mol. The first-order valence-electron chi connectivity index (χ1n) is 12.8. The average molecular weight is 549 g/mol. The first-order chi connectivity index (χ1) is 18.5. The van der Waals surface area contributed by atoms with Crippen molar-refractivity contribution in [1.82, 2.24) is 4.90 Å². The highest BCUT2D eigenvalue weighted by Gasteiger charge is 2.69. The number of carbonyl (C=O) groups excluding carboxylic acids is 4. The third-order valence-corrected chi connectivity index (χ3v) is 10.0. The summed E-state index contributed by atoms with van der Waals surface area (Å²) < 4.78 is 1.07. The zero-order valence-electron chi connectivity index (χ0n) is 21.3. The number of aliphatic hydroxyl groups is 2. The zero-order chi connectivity index (χ0) is 28.0. The summed E-state index contributed by atoms with van der Waals surface area (Å²) in [5.74, 6) is -9.05. The second kappa shape index (κ2) is 8.79. The molecule has 39 heavy (non-hydrogen) atoms. The molecule has 1 aromatic heterocycles. The molecule has 2 aromatic carbocycles. The van der Waals surface area contributed by atoms with E-state index in [1.807, 2.05) is 30.3 Å². The highest BCUT2D eigenvalue weighted by Crippen LogP contribution is 2.52. The Balaban J connectivity index is 1.49. The number of Topliss-reactive ketones (excluding diaryl/α,β-unsaturated/α-hetero) is 3. The van der Waals surface area contributed by atoms with Gasteiger partial charge in [-0.3, -0.25) is 19.2 Å². The lowest BCUT2D eigenvalue weighted by molar-refractivity contribution is -0.190. The molecule has 2 fully saturated rings. The summed E-state index contributed by atoms with van der Waals surface area (Å²) in [6.07, 6.45) is -1.19. The number of fused-ring (bicyclic) bond motifs is 4. The molecular formula is C29H28N2O7S. The minimum absolute atomic E-state index is 0.0144. The molecule has 0 aliphatic heterocycles. The van der Waals surface area contributed by atoms with Crippen molar-refractivity contribution in [3.63, 3.8) is 0 Å². The number of hydrogen-bond donors (Lipinski definition) is 4. The number of ketones is 3. The van der Waals surface area contributed by atoms with Crippen molar-refractivity contribution < 1.29 is 34.5 Å². The van der Waals surface area contributed by atoms with Gasteiger partial charge in [-0.05, 0) is 73.6 Å². The normalized spacial score (nSPS) is 32.2. The average Bonchev–Trinajstić information content (AvgIpc) is 3.30. The second-order valence-electron chi connectivity index (χ2n) is 11.1. The number of phenolic OH excluding ortho intramolecular Hbond substituents is 1. The maximum Gasteiger partial charge on any atom is 0.230 e. The molecule has 3 aliphatic carbocycles. The largest absolute Gasteiger partial charge is 0.507 e. The number of primary amides is 1. The summed E-state index contributed by atoms with van der Waals surface area (Å²) in [5, 5.41) is 34.5. The van der Waals surface area contributed by atoms with Crippen molar-refractivity contribution in [3.8, 4) is 16.2 Å². The molecule has 3 unspecified atom stereocenters. The Bertz CT molecular complexity index is 1550. The predicted octanol–water partition coefficient (Wildman–Crippen LogP) is 1.54. The van der Waals surface area contributed by atoms with Gasteiger partial charge in [-0.2, -0.15) is 0 Å². The molecule has 2 saturated carbocycles. The van der Waals surface area contributed by atoms with Crippen LogP contribution in [0.3, 0.4) is 0 Å². The van der Waals surface area contributed by atoms with E-state index in [2.05, 4.69) is 0 Å². The fraction of sp³-hybridized carbons (Fsp3) is 0.379.